The van der Waals surface area contributed by atoms with Crippen molar-refractivity contribution < 1.29 is 9.47 Å². The lowest BCUT2D eigenvalue weighted by Gasteiger charge is -2.61. The largest absolute Gasteiger partial charge is 0.378 e. The van der Waals surface area contributed by atoms with Crippen LogP contribution in [0, 0.1) is 5.41 Å². The summed E-state index contributed by atoms with van der Waals surface area (Å²) in [5, 5.41) is 3.84. The molecule has 0 aromatic heterocycles. The Morgan fingerprint density at radius 1 is 1.41 bits per heavy atom. The molecule has 2 saturated carbocycles. The lowest BCUT2D eigenvalue weighted by Crippen LogP contribution is -2.68. The molecule has 4 atom stereocenters. The summed E-state index contributed by atoms with van der Waals surface area (Å²) < 4.78 is 11.5. The van der Waals surface area contributed by atoms with E-state index in [0.717, 1.165) is 13.2 Å². The van der Waals surface area contributed by atoms with Gasteiger partial charge in [-0.2, -0.15) is 0 Å². The Morgan fingerprint density at radius 3 is 2.76 bits per heavy atom. The molecule has 3 aliphatic rings. The van der Waals surface area contributed by atoms with Crippen molar-refractivity contribution in [1.82, 2.24) is 5.32 Å². The Hall–Kier alpha value is -0.120. The molecular weight excluding hydrogens is 214 g/mol. The van der Waals surface area contributed by atoms with Crippen molar-refractivity contribution in [3.63, 3.8) is 0 Å². The van der Waals surface area contributed by atoms with Crippen molar-refractivity contribution >= 4 is 0 Å². The normalized spacial score (nSPS) is 43.4. The third-order valence-electron chi connectivity index (χ3n) is 5.23. The first-order valence-electron chi connectivity index (χ1n) is 7.25. The van der Waals surface area contributed by atoms with Crippen molar-refractivity contribution in [2.45, 2.75) is 70.2 Å². The fraction of sp³-hybridized carbons (Fsp3) is 1.00. The first-order valence-corrected chi connectivity index (χ1v) is 7.25. The fourth-order valence-corrected chi connectivity index (χ4v) is 3.88. The molecule has 0 amide bonds. The smallest absolute Gasteiger partial charge is 0.0700 e. The lowest BCUT2D eigenvalue weighted by atomic mass is 9.51. The Labute approximate surface area is 104 Å². The molecule has 17 heavy (non-hydrogen) atoms. The Kier molecular flexibility index (Phi) is 3.18. The van der Waals surface area contributed by atoms with Crippen LogP contribution in [0.15, 0.2) is 0 Å². The minimum atomic E-state index is 0.387. The maximum absolute atomic E-state index is 5.89. The number of rotatable bonds is 4. The molecule has 3 fully saturated rings. The summed E-state index contributed by atoms with van der Waals surface area (Å²) in [5.74, 6) is 0. The zero-order valence-corrected chi connectivity index (χ0v) is 11.1. The van der Waals surface area contributed by atoms with Crippen molar-refractivity contribution in [3.05, 3.63) is 0 Å². The van der Waals surface area contributed by atoms with Crippen LogP contribution in [0.25, 0.3) is 0 Å². The summed E-state index contributed by atoms with van der Waals surface area (Å²) in [6, 6.07) is 1.25. The van der Waals surface area contributed by atoms with Gasteiger partial charge in [0.15, 0.2) is 0 Å². The van der Waals surface area contributed by atoms with Crippen molar-refractivity contribution in [2.24, 2.45) is 5.41 Å². The zero-order chi connectivity index (χ0) is 11.9. The van der Waals surface area contributed by atoms with Gasteiger partial charge in [-0.15, -0.1) is 0 Å². The molecule has 1 N–H and O–H groups in total. The van der Waals surface area contributed by atoms with Gasteiger partial charge in [-0.1, -0.05) is 6.42 Å². The Bertz CT molecular complexity index is 277. The average Bonchev–Trinajstić information content (AvgIpc) is 2.60. The molecule has 2 aliphatic carbocycles. The summed E-state index contributed by atoms with van der Waals surface area (Å²) in [6.45, 7) is 6.09. The van der Waals surface area contributed by atoms with Gasteiger partial charge in [0.1, 0.15) is 0 Å². The van der Waals surface area contributed by atoms with E-state index in [1.54, 1.807) is 0 Å². The second-order valence-electron chi connectivity index (χ2n) is 5.96. The molecule has 1 aliphatic heterocycles. The van der Waals surface area contributed by atoms with Crippen molar-refractivity contribution in [2.75, 3.05) is 13.2 Å². The standard InChI is InChI=1S/C14H25NO2/c1-3-16-13-9-12(14(13)6-4-7-14)15-11-5-8-17-10(11)2/h10-13,15H,3-9H2,1-2H3. The average molecular weight is 239 g/mol. The molecule has 98 valence electrons. The van der Waals surface area contributed by atoms with Crippen LogP contribution >= 0.6 is 0 Å². The van der Waals surface area contributed by atoms with E-state index in [0.29, 0.717) is 29.7 Å². The molecule has 3 heteroatoms. The first-order chi connectivity index (χ1) is 8.26. The minimum absolute atomic E-state index is 0.387. The number of nitrogens with one attached hydrogen (secondary N) is 1. The predicted molar refractivity (Wildman–Crippen MR) is 67.1 cm³/mol. The lowest BCUT2D eigenvalue weighted by molar-refractivity contribution is -0.175. The van der Waals surface area contributed by atoms with E-state index in [1.165, 1.54) is 32.1 Å². The molecule has 0 radical (unpaired) electrons. The molecule has 0 aromatic rings. The van der Waals surface area contributed by atoms with Crippen LogP contribution in [0.3, 0.4) is 0 Å². The number of hydrogen-bond donors (Lipinski definition) is 1. The van der Waals surface area contributed by atoms with Crippen LogP contribution < -0.4 is 5.32 Å². The third kappa shape index (κ3) is 1.83. The number of ether oxygens (including phenoxy) is 2. The van der Waals surface area contributed by atoms with Crippen LogP contribution in [0.2, 0.25) is 0 Å². The SMILES string of the molecule is CCOC1CC(NC2CCOC2C)C12CCC2. The van der Waals surface area contributed by atoms with Gasteiger partial charge in [-0.25, -0.2) is 0 Å². The quantitative estimate of drug-likeness (QED) is 0.815. The van der Waals surface area contributed by atoms with E-state index in [1.807, 2.05) is 0 Å². The molecule has 0 bridgehead atoms. The summed E-state index contributed by atoms with van der Waals surface area (Å²) in [5.41, 5.74) is 0.484. The fourth-order valence-electron chi connectivity index (χ4n) is 3.88. The Morgan fingerprint density at radius 2 is 2.24 bits per heavy atom. The summed E-state index contributed by atoms with van der Waals surface area (Å²) in [6.07, 6.45) is 7.40. The molecule has 3 rings (SSSR count). The highest BCUT2D eigenvalue weighted by Crippen LogP contribution is 2.57. The van der Waals surface area contributed by atoms with Gasteiger partial charge < -0.3 is 14.8 Å². The van der Waals surface area contributed by atoms with Gasteiger partial charge >= 0.3 is 0 Å². The van der Waals surface area contributed by atoms with E-state index in [9.17, 15) is 0 Å². The molecule has 3 nitrogen and oxygen atoms in total. The van der Waals surface area contributed by atoms with E-state index in [2.05, 4.69) is 19.2 Å². The van der Waals surface area contributed by atoms with Crippen LogP contribution in [0.1, 0.15) is 46.0 Å². The maximum Gasteiger partial charge on any atom is 0.0700 e. The van der Waals surface area contributed by atoms with Crippen LogP contribution in [-0.2, 0) is 9.47 Å². The summed E-state index contributed by atoms with van der Waals surface area (Å²) >= 11 is 0. The highest BCUT2D eigenvalue weighted by atomic mass is 16.5. The van der Waals surface area contributed by atoms with Crippen LogP contribution in [0.5, 0.6) is 0 Å². The number of hydrogen-bond acceptors (Lipinski definition) is 3. The van der Waals surface area contributed by atoms with Gasteiger partial charge in [-0.05, 0) is 39.5 Å². The van der Waals surface area contributed by atoms with E-state index >= 15 is 0 Å². The van der Waals surface area contributed by atoms with Crippen LogP contribution in [-0.4, -0.2) is 37.5 Å². The van der Waals surface area contributed by atoms with Gasteiger partial charge in [0.05, 0.1) is 12.2 Å². The van der Waals surface area contributed by atoms with Crippen molar-refractivity contribution in [3.8, 4) is 0 Å². The second kappa shape index (κ2) is 4.52. The third-order valence-corrected chi connectivity index (χ3v) is 5.23. The Balaban J connectivity index is 1.58. The van der Waals surface area contributed by atoms with E-state index in [4.69, 9.17) is 9.47 Å². The molecule has 1 heterocycles. The molecule has 4 unspecified atom stereocenters. The highest BCUT2D eigenvalue weighted by Gasteiger charge is 2.59. The second-order valence-corrected chi connectivity index (χ2v) is 5.96. The first kappa shape index (κ1) is 11.9. The summed E-state index contributed by atoms with van der Waals surface area (Å²) in [7, 11) is 0. The topological polar surface area (TPSA) is 30.5 Å². The minimum Gasteiger partial charge on any atom is -0.378 e. The van der Waals surface area contributed by atoms with E-state index in [-0.39, 0.29) is 0 Å². The van der Waals surface area contributed by atoms with Gasteiger partial charge in [0.2, 0.25) is 0 Å². The highest BCUT2D eigenvalue weighted by molar-refractivity contribution is 5.13. The molecule has 1 saturated heterocycles. The predicted octanol–water partition coefficient (Wildman–Crippen LogP) is 2.10. The monoisotopic (exact) mass is 239 g/mol. The van der Waals surface area contributed by atoms with Gasteiger partial charge in [0.25, 0.3) is 0 Å². The van der Waals surface area contributed by atoms with Gasteiger partial charge in [0, 0.05) is 30.7 Å². The molecular formula is C14H25NO2. The molecule has 1 spiro atoms. The zero-order valence-electron chi connectivity index (χ0n) is 11.1. The summed E-state index contributed by atoms with van der Waals surface area (Å²) in [4.78, 5) is 0. The van der Waals surface area contributed by atoms with Crippen molar-refractivity contribution in [1.29, 1.82) is 0 Å². The maximum atomic E-state index is 5.89. The van der Waals surface area contributed by atoms with E-state index < -0.39 is 0 Å². The molecule has 0 aromatic carbocycles. The van der Waals surface area contributed by atoms with Crippen LogP contribution in [0.4, 0.5) is 0 Å². The van der Waals surface area contributed by atoms with Gasteiger partial charge in [-0.3, -0.25) is 0 Å².